The van der Waals surface area contributed by atoms with Crippen LogP contribution in [0.2, 0.25) is 0 Å². The molecule has 0 amide bonds. The van der Waals surface area contributed by atoms with E-state index in [2.05, 4.69) is 34.6 Å². The van der Waals surface area contributed by atoms with Crippen LogP contribution in [0.5, 0.6) is 0 Å². The maximum absolute atomic E-state index is 4.80. The van der Waals surface area contributed by atoms with Gasteiger partial charge in [-0.3, -0.25) is 0 Å². The van der Waals surface area contributed by atoms with Gasteiger partial charge in [0.05, 0.1) is 0 Å². The molecule has 1 fully saturated rings. The predicted molar refractivity (Wildman–Crippen MR) is 83.7 cm³/mol. The summed E-state index contributed by atoms with van der Waals surface area (Å²) in [5.41, 5.74) is 2.30. The van der Waals surface area contributed by atoms with Crippen LogP contribution in [0.1, 0.15) is 29.3 Å². The number of rotatable bonds is 2. The second-order valence-electron chi connectivity index (χ2n) is 5.50. The van der Waals surface area contributed by atoms with Gasteiger partial charge in [-0.1, -0.05) is 35.6 Å². The van der Waals surface area contributed by atoms with Gasteiger partial charge < -0.3 is 5.32 Å². The highest BCUT2D eigenvalue weighted by Gasteiger charge is 2.22. The second-order valence-corrected chi connectivity index (χ2v) is 6.49. The minimum atomic E-state index is 0.558. The van der Waals surface area contributed by atoms with Gasteiger partial charge in [0.15, 0.2) is 5.82 Å². The Balaban J connectivity index is 1.78. The molecular weight excluding hydrogens is 282 g/mol. The summed E-state index contributed by atoms with van der Waals surface area (Å²) in [6.45, 7) is 4.25. The lowest BCUT2D eigenvalue weighted by molar-refractivity contribution is 0.456. The first-order valence-electron chi connectivity index (χ1n) is 7.32. The van der Waals surface area contributed by atoms with Gasteiger partial charge in [-0.15, -0.1) is 10.2 Å². The lowest BCUT2D eigenvalue weighted by atomic mass is 9.99. The lowest BCUT2D eigenvalue weighted by Crippen LogP contribution is -2.26. The van der Waals surface area contributed by atoms with Gasteiger partial charge in [0, 0.05) is 11.5 Å². The van der Waals surface area contributed by atoms with Crippen molar-refractivity contribution in [3.05, 3.63) is 34.8 Å². The van der Waals surface area contributed by atoms with E-state index < -0.39 is 0 Å². The van der Waals surface area contributed by atoms with Gasteiger partial charge in [-0.05, 0) is 38.4 Å². The molecule has 108 valence electrons. The summed E-state index contributed by atoms with van der Waals surface area (Å²) >= 11 is 1.68. The number of benzene rings is 1. The summed E-state index contributed by atoms with van der Waals surface area (Å²) in [7, 11) is 0. The molecule has 1 aromatic carbocycles. The normalized spacial score (nSPS) is 16.6. The fraction of sp³-hybridized carbons (Fsp3) is 0.400. The van der Waals surface area contributed by atoms with Crippen molar-refractivity contribution in [3.8, 4) is 11.4 Å². The molecule has 6 heteroatoms. The van der Waals surface area contributed by atoms with Crippen LogP contribution in [0, 0.1) is 6.92 Å². The van der Waals surface area contributed by atoms with Crippen molar-refractivity contribution in [3.63, 3.8) is 0 Å². The van der Waals surface area contributed by atoms with Crippen molar-refractivity contribution in [1.82, 2.24) is 25.1 Å². The van der Waals surface area contributed by atoms with Gasteiger partial charge in [0.2, 0.25) is 4.96 Å². The molecule has 4 rings (SSSR count). The molecule has 0 bridgehead atoms. The van der Waals surface area contributed by atoms with Gasteiger partial charge in [-0.2, -0.15) is 9.61 Å². The number of nitrogens with one attached hydrogen (secondary N) is 1. The highest BCUT2D eigenvalue weighted by Crippen LogP contribution is 2.31. The quantitative estimate of drug-likeness (QED) is 0.790. The topological polar surface area (TPSA) is 55.1 Å². The van der Waals surface area contributed by atoms with E-state index in [9.17, 15) is 0 Å². The molecule has 21 heavy (non-hydrogen) atoms. The number of aryl methyl sites for hydroxylation is 1. The van der Waals surface area contributed by atoms with E-state index >= 15 is 0 Å². The Bertz CT molecular complexity index is 769. The molecule has 1 N–H and O–H groups in total. The van der Waals surface area contributed by atoms with Crippen molar-refractivity contribution in [2.75, 3.05) is 13.1 Å². The minimum absolute atomic E-state index is 0.558. The van der Waals surface area contributed by atoms with Crippen molar-refractivity contribution in [2.24, 2.45) is 0 Å². The fourth-order valence-corrected chi connectivity index (χ4v) is 3.86. The molecule has 2 aromatic heterocycles. The van der Waals surface area contributed by atoms with Crippen LogP contribution in [-0.2, 0) is 0 Å². The zero-order chi connectivity index (χ0) is 14.2. The Hall–Kier alpha value is -1.79. The van der Waals surface area contributed by atoms with Gasteiger partial charge in [0.1, 0.15) is 5.01 Å². The summed E-state index contributed by atoms with van der Waals surface area (Å²) in [5, 5.41) is 18.0. The first kappa shape index (κ1) is 12.9. The third-order valence-electron chi connectivity index (χ3n) is 4.08. The Kier molecular flexibility index (Phi) is 3.20. The highest BCUT2D eigenvalue weighted by atomic mass is 32.1. The number of piperidine rings is 1. The van der Waals surface area contributed by atoms with Crippen LogP contribution in [0.3, 0.4) is 0 Å². The highest BCUT2D eigenvalue weighted by molar-refractivity contribution is 7.16. The number of aromatic nitrogens is 4. The van der Waals surface area contributed by atoms with E-state index in [-0.39, 0.29) is 0 Å². The smallest absolute Gasteiger partial charge is 0.234 e. The molecular formula is C15H17N5S. The SMILES string of the molecule is Cc1ccccc1-c1nnc2sc(C3CCNCC3)nn12. The Morgan fingerprint density at radius 3 is 2.81 bits per heavy atom. The molecule has 5 nitrogen and oxygen atoms in total. The maximum atomic E-state index is 4.80. The predicted octanol–water partition coefficient (Wildman–Crippen LogP) is 2.63. The third kappa shape index (κ3) is 2.24. The van der Waals surface area contributed by atoms with Gasteiger partial charge >= 0.3 is 0 Å². The van der Waals surface area contributed by atoms with Crippen LogP contribution in [-0.4, -0.2) is 32.9 Å². The van der Waals surface area contributed by atoms with E-state index in [1.807, 2.05) is 16.6 Å². The van der Waals surface area contributed by atoms with Crippen LogP contribution in [0.25, 0.3) is 16.3 Å². The fourth-order valence-electron chi connectivity index (χ4n) is 2.86. The number of hydrogen-bond acceptors (Lipinski definition) is 5. The largest absolute Gasteiger partial charge is 0.317 e. The second kappa shape index (κ2) is 5.20. The third-order valence-corrected chi connectivity index (χ3v) is 5.14. The summed E-state index contributed by atoms with van der Waals surface area (Å²) in [4.78, 5) is 0.891. The first-order chi connectivity index (χ1) is 10.3. The van der Waals surface area contributed by atoms with Gasteiger partial charge in [0.25, 0.3) is 0 Å². The molecule has 0 aliphatic carbocycles. The number of hydrogen-bond donors (Lipinski definition) is 1. The van der Waals surface area contributed by atoms with Crippen LogP contribution >= 0.6 is 11.3 Å². The summed E-state index contributed by atoms with van der Waals surface area (Å²) < 4.78 is 1.91. The van der Waals surface area contributed by atoms with Crippen molar-refractivity contribution >= 4 is 16.3 Å². The van der Waals surface area contributed by atoms with E-state index in [1.165, 1.54) is 10.6 Å². The Morgan fingerprint density at radius 1 is 1.19 bits per heavy atom. The van der Waals surface area contributed by atoms with Gasteiger partial charge in [-0.25, -0.2) is 0 Å². The van der Waals surface area contributed by atoms with E-state index in [0.717, 1.165) is 42.3 Å². The molecule has 0 unspecified atom stereocenters. The summed E-state index contributed by atoms with van der Waals surface area (Å²) in [6.07, 6.45) is 2.31. The molecule has 1 aliphatic heterocycles. The monoisotopic (exact) mass is 299 g/mol. The molecule has 3 heterocycles. The standard InChI is InChI=1S/C15H17N5S/c1-10-4-2-3-5-12(10)13-17-18-15-20(13)19-14(21-15)11-6-8-16-9-7-11/h2-5,11,16H,6-9H2,1H3. The molecule has 1 saturated heterocycles. The summed E-state index contributed by atoms with van der Waals surface area (Å²) in [5.74, 6) is 1.40. The zero-order valence-electron chi connectivity index (χ0n) is 11.9. The molecule has 0 spiro atoms. The van der Waals surface area contributed by atoms with Crippen LogP contribution < -0.4 is 5.32 Å². The van der Waals surface area contributed by atoms with Crippen molar-refractivity contribution < 1.29 is 0 Å². The van der Waals surface area contributed by atoms with E-state index in [4.69, 9.17) is 5.10 Å². The van der Waals surface area contributed by atoms with Crippen molar-refractivity contribution in [1.29, 1.82) is 0 Å². The van der Waals surface area contributed by atoms with Crippen molar-refractivity contribution in [2.45, 2.75) is 25.7 Å². The number of fused-ring (bicyclic) bond motifs is 1. The van der Waals surface area contributed by atoms with E-state index in [1.54, 1.807) is 11.3 Å². The minimum Gasteiger partial charge on any atom is -0.317 e. The Morgan fingerprint density at radius 2 is 2.00 bits per heavy atom. The van der Waals surface area contributed by atoms with Crippen LogP contribution in [0.15, 0.2) is 24.3 Å². The molecule has 1 aliphatic rings. The first-order valence-corrected chi connectivity index (χ1v) is 8.13. The van der Waals surface area contributed by atoms with E-state index in [0.29, 0.717) is 5.92 Å². The molecule has 0 saturated carbocycles. The molecule has 0 atom stereocenters. The Labute approximate surface area is 127 Å². The lowest BCUT2D eigenvalue weighted by Gasteiger charge is -2.19. The molecule has 3 aromatic rings. The molecule has 0 radical (unpaired) electrons. The average molecular weight is 299 g/mol. The average Bonchev–Trinajstić information content (AvgIpc) is 3.09. The summed E-state index contributed by atoms with van der Waals surface area (Å²) in [6, 6.07) is 8.24. The maximum Gasteiger partial charge on any atom is 0.234 e. The van der Waals surface area contributed by atoms with Crippen LogP contribution in [0.4, 0.5) is 0 Å². The zero-order valence-corrected chi connectivity index (χ0v) is 12.7. The number of nitrogens with zero attached hydrogens (tertiary/aromatic N) is 4.